The van der Waals surface area contributed by atoms with Crippen LogP contribution in [0, 0.1) is 13.8 Å². The molecule has 2 heterocycles. The molecule has 0 saturated heterocycles. The Kier molecular flexibility index (Phi) is 3.66. The largest absolute Gasteiger partial charge is 0.347 e. The Morgan fingerprint density at radius 2 is 2.23 bits per heavy atom. The molecule has 1 aromatic carbocycles. The van der Waals surface area contributed by atoms with E-state index in [0.29, 0.717) is 6.54 Å². The third kappa shape index (κ3) is 2.59. The quantitative estimate of drug-likeness (QED) is 0.775. The number of H-pyrrole nitrogens is 1. The Morgan fingerprint density at radius 3 is 2.95 bits per heavy atom. The van der Waals surface area contributed by atoms with Gasteiger partial charge in [0.1, 0.15) is 11.9 Å². The number of benzene rings is 1. The lowest BCUT2D eigenvalue weighted by molar-refractivity contribution is -0.124. The van der Waals surface area contributed by atoms with E-state index in [2.05, 4.69) is 40.3 Å². The highest BCUT2D eigenvalue weighted by molar-refractivity contribution is 5.81. The fourth-order valence-electron chi connectivity index (χ4n) is 2.40. The van der Waals surface area contributed by atoms with E-state index in [1.165, 1.54) is 5.56 Å². The molecule has 0 fully saturated rings. The molecule has 3 aromatic rings. The summed E-state index contributed by atoms with van der Waals surface area (Å²) in [4.78, 5) is 20.0. The van der Waals surface area contributed by atoms with Crippen molar-refractivity contribution in [3.05, 3.63) is 47.5 Å². The minimum Gasteiger partial charge on any atom is -0.347 e. The van der Waals surface area contributed by atoms with Crippen LogP contribution in [0.15, 0.2) is 30.6 Å². The molecule has 6 heteroatoms. The van der Waals surface area contributed by atoms with Gasteiger partial charge in [-0.15, -0.1) is 0 Å². The van der Waals surface area contributed by atoms with Crippen molar-refractivity contribution in [2.75, 3.05) is 0 Å². The summed E-state index contributed by atoms with van der Waals surface area (Å²) < 4.78 is 1.63. The van der Waals surface area contributed by atoms with Gasteiger partial charge in [-0.25, -0.2) is 4.98 Å². The Morgan fingerprint density at radius 1 is 1.41 bits per heavy atom. The van der Waals surface area contributed by atoms with Gasteiger partial charge in [0, 0.05) is 12.4 Å². The Hall–Kier alpha value is -2.63. The van der Waals surface area contributed by atoms with Crippen molar-refractivity contribution >= 4 is 16.9 Å². The monoisotopic (exact) mass is 297 g/mol. The first-order chi connectivity index (χ1) is 10.6. The van der Waals surface area contributed by atoms with Gasteiger partial charge in [-0.2, -0.15) is 5.10 Å². The van der Waals surface area contributed by atoms with Crippen LogP contribution >= 0.6 is 0 Å². The molecule has 0 aliphatic heterocycles. The summed E-state index contributed by atoms with van der Waals surface area (Å²) in [5, 5.41) is 6.97. The molecule has 2 N–H and O–H groups in total. The molecule has 0 radical (unpaired) electrons. The molecule has 2 aromatic heterocycles. The summed E-state index contributed by atoms with van der Waals surface area (Å²) >= 11 is 0. The lowest BCUT2D eigenvalue weighted by atomic mass is 10.1. The van der Waals surface area contributed by atoms with Gasteiger partial charge in [0.25, 0.3) is 0 Å². The highest BCUT2D eigenvalue weighted by Crippen LogP contribution is 2.19. The molecule has 6 nitrogen and oxygen atoms in total. The molecular formula is C16H19N5O. The summed E-state index contributed by atoms with van der Waals surface area (Å²) in [6.45, 7) is 6.31. The second-order valence-electron chi connectivity index (χ2n) is 5.47. The van der Waals surface area contributed by atoms with Gasteiger partial charge >= 0.3 is 0 Å². The molecular weight excluding hydrogens is 278 g/mol. The number of rotatable bonds is 4. The first-order valence-corrected chi connectivity index (χ1v) is 7.28. The highest BCUT2D eigenvalue weighted by Gasteiger charge is 2.15. The third-order valence-corrected chi connectivity index (χ3v) is 3.96. The maximum atomic E-state index is 12.1. The molecule has 1 atom stereocenters. The van der Waals surface area contributed by atoms with Gasteiger partial charge in [-0.05, 0) is 44.0 Å². The van der Waals surface area contributed by atoms with Crippen LogP contribution in [-0.4, -0.2) is 25.7 Å². The number of nitrogens with zero attached hydrogens (tertiary/aromatic N) is 3. The van der Waals surface area contributed by atoms with E-state index in [1.54, 1.807) is 23.1 Å². The second-order valence-corrected chi connectivity index (χ2v) is 5.47. The lowest BCUT2D eigenvalue weighted by Gasteiger charge is -2.11. The van der Waals surface area contributed by atoms with Crippen molar-refractivity contribution in [1.29, 1.82) is 0 Å². The Bertz CT molecular complexity index is 803. The topological polar surface area (TPSA) is 75.6 Å². The SMILES string of the molecule is Cc1ccc2[nH]c(CNC(=O)C(C)n3cccn3)nc2c1C. The number of aromatic nitrogens is 4. The normalized spacial score (nSPS) is 12.5. The molecule has 114 valence electrons. The van der Waals surface area contributed by atoms with Crippen molar-refractivity contribution in [3.63, 3.8) is 0 Å². The van der Waals surface area contributed by atoms with Crippen LogP contribution in [0.3, 0.4) is 0 Å². The number of carbonyl (C=O) groups excluding carboxylic acids is 1. The van der Waals surface area contributed by atoms with Crippen molar-refractivity contribution in [1.82, 2.24) is 25.1 Å². The molecule has 0 spiro atoms. The van der Waals surface area contributed by atoms with Crippen molar-refractivity contribution in [3.8, 4) is 0 Å². The lowest BCUT2D eigenvalue weighted by Crippen LogP contribution is -2.31. The first kappa shape index (κ1) is 14.3. The Balaban J connectivity index is 1.71. The molecule has 1 amide bonds. The van der Waals surface area contributed by atoms with Gasteiger partial charge in [0.2, 0.25) is 5.91 Å². The molecule has 0 aliphatic carbocycles. The van der Waals surface area contributed by atoms with E-state index in [0.717, 1.165) is 22.4 Å². The van der Waals surface area contributed by atoms with E-state index >= 15 is 0 Å². The summed E-state index contributed by atoms with van der Waals surface area (Å²) in [6.07, 6.45) is 3.44. The van der Waals surface area contributed by atoms with Gasteiger partial charge in [-0.3, -0.25) is 9.48 Å². The maximum absolute atomic E-state index is 12.1. The third-order valence-electron chi connectivity index (χ3n) is 3.96. The number of aromatic amines is 1. The molecule has 22 heavy (non-hydrogen) atoms. The number of amides is 1. The number of imidazole rings is 1. The van der Waals surface area contributed by atoms with Crippen LogP contribution in [0.1, 0.15) is 29.9 Å². The Labute approximate surface area is 128 Å². The number of carbonyl (C=O) groups is 1. The zero-order valence-corrected chi connectivity index (χ0v) is 12.9. The van der Waals surface area contributed by atoms with Gasteiger partial charge in [-0.1, -0.05) is 6.07 Å². The number of hydrogen-bond donors (Lipinski definition) is 2. The van der Waals surface area contributed by atoms with E-state index in [4.69, 9.17) is 0 Å². The number of fused-ring (bicyclic) bond motifs is 1. The minimum absolute atomic E-state index is 0.0861. The fraction of sp³-hybridized carbons (Fsp3) is 0.312. The van der Waals surface area contributed by atoms with Crippen LogP contribution in [-0.2, 0) is 11.3 Å². The first-order valence-electron chi connectivity index (χ1n) is 7.28. The number of nitrogens with one attached hydrogen (secondary N) is 2. The smallest absolute Gasteiger partial charge is 0.244 e. The highest BCUT2D eigenvalue weighted by atomic mass is 16.2. The van der Waals surface area contributed by atoms with Crippen LogP contribution in [0.2, 0.25) is 0 Å². The summed E-state index contributed by atoms with van der Waals surface area (Å²) in [6, 6.07) is 5.54. The molecule has 3 rings (SSSR count). The predicted octanol–water partition coefficient (Wildman–Crippen LogP) is 2.25. The summed E-state index contributed by atoms with van der Waals surface area (Å²) in [7, 11) is 0. The summed E-state index contributed by atoms with van der Waals surface area (Å²) in [5.74, 6) is 0.668. The van der Waals surface area contributed by atoms with E-state index < -0.39 is 0 Å². The minimum atomic E-state index is -0.344. The van der Waals surface area contributed by atoms with Crippen LogP contribution < -0.4 is 5.32 Å². The number of hydrogen-bond acceptors (Lipinski definition) is 3. The van der Waals surface area contributed by atoms with Gasteiger partial charge < -0.3 is 10.3 Å². The second kappa shape index (κ2) is 5.63. The average Bonchev–Trinajstić information content (AvgIpc) is 3.17. The van der Waals surface area contributed by atoms with E-state index in [9.17, 15) is 4.79 Å². The zero-order valence-electron chi connectivity index (χ0n) is 12.9. The standard InChI is InChI=1S/C16H19N5O/c1-10-5-6-13-15(11(10)2)20-14(19-13)9-17-16(22)12(3)21-8-4-7-18-21/h4-8,12H,9H2,1-3H3,(H,17,22)(H,19,20). The predicted molar refractivity (Wildman–Crippen MR) is 84.4 cm³/mol. The van der Waals surface area contributed by atoms with Crippen molar-refractivity contribution in [2.24, 2.45) is 0 Å². The maximum Gasteiger partial charge on any atom is 0.244 e. The van der Waals surface area contributed by atoms with Gasteiger partial charge in [0.05, 0.1) is 17.6 Å². The molecule has 0 saturated carbocycles. The molecule has 0 bridgehead atoms. The van der Waals surface area contributed by atoms with Gasteiger partial charge in [0.15, 0.2) is 0 Å². The van der Waals surface area contributed by atoms with Crippen LogP contribution in [0.5, 0.6) is 0 Å². The van der Waals surface area contributed by atoms with Crippen LogP contribution in [0.4, 0.5) is 0 Å². The van der Waals surface area contributed by atoms with E-state index in [1.807, 2.05) is 13.0 Å². The molecule has 0 aliphatic rings. The van der Waals surface area contributed by atoms with Crippen LogP contribution in [0.25, 0.3) is 11.0 Å². The fourth-order valence-corrected chi connectivity index (χ4v) is 2.40. The summed E-state index contributed by atoms with van der Waals surface area (Å²) in [5.41, 5.74) is 4.33. The average molecular weight is 297 g/mol. The molecule has 1 unspecified atom stereocenters. The van der Waals surface area contributed by atoms with Crippen molar-refractivity contribution in [2.45, 2.75) is 33.4 Å². The van der Waals surface area contributed by atoms with E-state index in [-0.39, 0.29) is 11.9 Å². The van der Waals surface area contributed by atoms with Crippen molar-refractivity contribution < 1.29 is 4.79 Å². The zero-order chi connectivity index (χ0) is 15.7. The number of aryl methyl sites for hydroxylation is 2.